The van der Waals surface area contributed by atoms with Gasteiger partial charge in [0.25, 0.3) is 11.8 Å². The number of carbonyl (C=O) groups is 2. The second kappa shape index (κ2) is 10.7. The lowest BCUT2D eigenvalue weighted by Crippen LogP contribution is -2.43. The summed E-state index contributed by atoms with van der Waals surface area (Å²) in [6, 6.07) is 23.2. The number of fused-ring (bicyclic) bond motifs is 1. The van der Waals surface area contributed by atoms with Crippen LogP contribution in [0.15, 0.2) is 72.8 Å². The zero-order valence-electron chi connectivity index (χ0n) is 18.0. The van der Waals surface area contributed by atoms with E-state index in [1.807, 2.05) is 77.7 Å². The van der Waals surface area contributed by atoms with Crippen LogP contribution >= 0.6 is 0 Å². The van der Waals surface area contributed by atoms with Gasteiger partial charge in [-0.1, -0.05) is 48.5 Å². The number of piperidine rings is 1. The molecule has 0 radical (unpaired) electrons. The van der Waals surface area contributed by atoms with Gasteiger partial charge in [-0.2, -0.15) is 0 Å². The molecule has 3 aromatic rings. The minimum atomic E-state index is -0.132. The first-order chi connectivity index (χ1) is 15.7. The minimum absolute atomic E-state index is 0.000115. The zero-order chi connectivity index (χ0) is 22.2. The van der Waals surface area contributed by atoms with Crippen LogP contribution in [0.3, 0.4) is 0 Å². The first-order valence-corrected chi connectivity index (χ1v) is 11.0. The Labute approximate surface area is 188 Å². The molecule has 0 unspecified atom stereocenters. The maximum Gasteiger partial charge on any atom is 0.260 e. The maximum absolute atomic E-state index is 12.4. The van der Waals surface area contributed by atoms with Gasteiger partial charge in [-0.15, -0.1) is 0 Å². The topological polar surface area (TPSA) is 67.9 Å². The Kier molecular flexibility index (Phi) is 7.23. The van der Waals surface area contributed by atoms with Crippen molar-refractivity contribution in [2.45, 2.75) is 12.8 Å². The van der Waals surface area contributed by atoms with Crippen molar-refractivity contribution in [3.8, 4) is 11.5 Å². The molecule has 6 nitrogen and oxygen atoms in total. The van der Waals surface area contributed by atoms with Crippen molar-refractivity contribution >= 4 is 22.6 Å². The molecule has 6 heteroatoms. The van der Waals surface area contributed by atoms with Crippen molar-refractivity contribution in [1.82, 2.24) is 10.2 Å². The van der Waals surface area contributed by atoms with Gasteiger partial charge < -0.3 is 19.7 Å². The standard InChI is InChI=1S/C26H28N2O4/c29-25(18-31-24-11-10-21-6-4-5-7-22(21)16-24)27-17-20-12-14-28(15-13-20)26(30)19-32-23-8-2-1-3-9-23/h1-11,16,20H,12-15,17-19H2,(H,27,29). The number of ether oxygens (including phenoxy) is 2. The van der Waals surface area contributed by atoms with Crippen molar-refractivity contribution in [2.75, 3.05) is 32.8 Å². The fourth-order valence-electron chi connectivity index (χ4n) is 3.85. The molecule has 1 N–H and O–H groups in total. The number of hydrogen-bond acceptors (Lipinski definition) is 4. The average Bonchev–Trinajstić information content (AvgIpc) is 2.85. The summed E-state index contributed by atoms with van der Waals surface area (Å²) in [7, 11) is 0. The molecule has 32 heavy (non-hydrogen) atoms. The van der Waals surface area contributed by atoms with Crippen LogP contribution in [0.4, 0.5) is 0 Å². The van der Waals surface area contributed by atoms with Crippen molar-refractivity contribution in [3.05, 3.63) is 72.8 Å². The monoisotopic (exact) mass is 432 g/mol. The summed E-state index contributed by atoms with van der Waals surface area (Å²) in [5, 5.41) is 5.18. The van der Waals surface area contributed by atoms with E-state index in [1.54, 1.807) is 0 Å². The van der Waals surface area contributed by atoms with Gasteiger partial charge in [0.1, 0.15) is 11.5 Å². The van der Waals surface area contributed by atoms with E-state index in [4.69, 9.17) is 9.47 Å². The summed E-state index contributed by atoms with van der Waals surface area (Å²) in [5.41, 5.74) is 0. The number of likely N-dealkylation sites (tertiary alicyclic amines) is 1. The summed E-state index contributed by atoms with van der Waals surface area (Å²) in [4.78, 5) is 26.4. The van der Waals surface area contributed by atoms with Crippen LogP contribution < -0.4 is 14.8 Å². The van der Waals surface area contributed by atoms with E-state index < -0.39 is 0 Å². The third-order valence-corrected chi connectivity index (χ3v) is 5.75. The Morgan fingerprint density at radius 2 is 1.50 bits per heavy atom. The van der Waals surface area contributed by atoms with Crippen LogP contribution in [0.25, 0.3) is 10.8 Å². The number of benzene rings is 3. The predicted molar refractivity (Wildman–Crippen MR) is 124 cm³/mol. The van der Waals surface area contributed by atoms with Gasteiger partial charge in [-0.3, -0.25) is 9.59 Å². The Morgan fingerprint density at radius 1 is 0.812 bits per heavy atom. The third kappa shape index (κ3) is 6.00. The van der Waals surface area contributed by atoms with Gasteiger partial charge in [0.2, 0.25) is 0 Å². The van der Waals surface area contributed by atoms with Gasteiger partial charge in [0.15, 0.2) is 13.2 Å². The Hall–Kier alpha value is -3.54. The molecule has 1 fully saturated rings. The molecule has 1 aliphatic rings. The Morgan fingerprint density at radius 3 is 2.28 bits per heavy atom. The number of para-hydroxylation sites is 1. The molecule has 1 saturated heterocycles. The molecule has 1 heterocycles. The molecule has 166 valence electrons. The second-order valence-corrected chi connectivity index (χ2v) is 8.03. The number of nitrogens with one attached hydrogen (secondary N) is 1. The number of amides is 2. The molecule has 0 aliphatic carbocycles. The van der Waals surface area contributed by atoms with Gasteiger partial charge in [0.05, 0.1) is 0 Å². The molecule has 0 bridgehead atoms. The predicted octanol–water partition coefficient (Wildman–Crippen LogP) is 3.65. The van der Waals surface area contributed by atoms with E-state index in [2.05, 4.69) is 5.32 Å². The van der Waals surface area contributed by atoms with Gasteiger partial charge in [-0.25, -0.2) is 0 Å². The largest absolute Gasteiger partial charge is 0.484 e. The van der Waals surface area contributed by atoms with Crippen LogP contribution in [0.5, 0.6) is 11.5 Å². The Bertz CT molecular complexity index is 1050. The lowest BCUT2D eigenvalue weighted by molar-refractivity contribution is -0.135. The molecule has 2 amide bonds. The molecule has 4 rings (SSSR count). The van der Waals surface area contributed by atoms with Gasteiger partial charge in [0, 0.05) is 19.6 Å². The summed E-state index contributed by atoms with van der Waals surface area (Å²) in [5.74, 6) is 1.61. The highest BCUT2D eigenvalue weighted by molar-refractivity contribution is 5.84. The average molecular weight is 433 g/mol. The van der Waals surface area contributed by atoms with Crippen LogP contribution in [0.1, 0.15) is 12.8 Å². The van der Waals surface area contributed by atoms with Crippen molar-refractivity contribution in [2.24, 2.45) is 5.92 Å². The van der Waals surface area contributed by atoms with Crippen LogP contribution in [-0.4, -0.2) is 49.6 Å². The first kappa shape index (κ1) is 21.7. The van der Waals surface area contributed by atoms with Crippen molar-refractivity contribution in [3.63, 3.8) is 0 Å². The van der Waals surface area contributed by atoms with Crippen molar-refractivity contribution in [1.29, 1.82) is 0 Å². The highest BCUT2D eigenvalue weighted by Gasteiger charge is 2.23. The SMILES string of the molecule is O=C(COc1ccc2ccccc2c1)NCC1CCN(C(=O)COc2ccccc2)CC1. The lowest BCUT2D eigenvalue weighted by atomic mass is 9.97. The van der Waals surface area contributed by atoms with Crippen LogP contribution in [0.2, 0.25) is 0 Å². The van der Waals surface area contributed by atoms with E-state index in [1.165, 1.54) is 0 Å². The zero-order valence-corrected chi connectivity index (χ0v) is 18.0. The van der Waals surface area contributed by atoms with E-state index in [-0.39, 0.29) is 25.0 Å². The van der Waals surface area contributed by atoms with E-state index in [9.17, 15) is 9.59 Å². The summed E-state index contributed by atoms with van der Waals surface area (Å²) < 4.78 is 11.2. The van der Waals surface area contributed by atoms with Crippen LogP contribution in [0, 0.1) is 5.92 Å². The molecular weight excluding hydrogens is 404 g/mol. The molecule has 0 aromatic heterocycles. The molecular formula is C26H28N2O4. The number of carbonyl (C=O) groups excluding carboxylic acids is 2. The highest BCUT2D eigenvalue weighted by atomic mass is 16.5. The quantitative estimate of drug-likeness (QED) is 0.590. The smallest absolute Gasteiger partial charge is 0.260 e. The van der Waals surface area contributed by atoms with E-state index in [0.717, 1.165) is 23.6 Å². The fourth-order valence-corrected chi connectivity index (χ4v) is 3.85. The second-order valence-electron chi connectivity index (χ2n) is 8.03. The van der Waals surface area contributed by atoms with E-state index >= 15 is 0 Å². The van der Waals surface area contributed by atoms with Gasteiger partial charge in [-0.05, 0) is 53.8 Å². The highest BCUT2D eigenvalue weighted by Crippen LogP contribution is 2.20. The summed E-state index contributed by atoms with van der Waals surface area (Å²) in [6.45, 7) is 2.02. The lowest BCUT2D eigenvalue weighted by Gasteiger charge is -2.32. The first-order valence-electron chi connectivity index (χ1n) is 11.0. The molecule has 0 saturated carbocycles. The summed E-state index contributed by atoms with van der Waals surface area (Å²) in [6.07, 6.45) is 1.73. The summed E-state index contributed by atoms with van der Waals surface area (Å²) >= 11 is 0. The number of nitrogens with zero attached hydrogens (tertiary/aromatic N) is 1. The normalized spacial score (nSPS) is 14.2. The van der Waals surface area contributed by atoms with E-state index in [0.29, 0.717) is 37.1 Å². The maximum atomic E-state index is 12.4. The minimum Gasteiger partial charge on any atom is -0.484 e. The number of hydrogen-bond donors (Lipinski definition) is 1. The molecule has 0 spiro atoms. The third-order valence-electron chi connectivity index (χ3n) is 5.75. The Balaban J connectivity index is 1.13. The molecule has 3 aromatic carbocycles. The number of rotatable bonds is 8. The molecule has 1 aliphatic heterocycles. The van der Waals surface area contributed by atoms with Gasteiger partial charge >= 0.3 is 0 Å². The molecule has 0 atom stereocenters. The van der Waals surface area contributed by atoms with Crippen molar-refractivity contribution < 1.29 is 19.1 Å². The van der Waals surface area contributed by atoms with Crippen LogP contribution in [-0.2, 0) is 9.59 Å². The fraction of sp³-hybridized carbons (Fsp3) is 0.308.